The monoisotopic (exact) mass is 364 g/mol. The second-order valence-electron chi connectivity index (χ2n) is 6.09. The summed E-state index contributed by atoms with van der Waals surface area (Å²) in [5.41, 5.74) is 4.59. The average molecular weight is 364 g/mol. The molecule has 0 atom stereocenters. The van der Waals surface area contributed by atoms with Crippen LogP contribution in [0.4, 0.5) is 0 Å². The largest absolute Gasteiger partial charge is 0.459 e. The zero-order valence-corrected chi connectivity index (χ0v) is 16.0. The fraction of sp³-hybridized carbons (Fsp3) is 0.389. The number of carbonyl (C=O) groups excluding carboxylic acids is 1. The van der Waals surface area contributed by atoms with Crippen molar-refractivity contribution >= 4 is 15.9 Å². The van der Waals surface area contributed by atoms with E-state index in [1.165, 1.54) is 6.26 Å². The van der Waals surface area contributed by atoms with Crippen LogP contribution in [0.3, 0.4) is 0 Å². The number of furan rings is 1. The molecule has 0 bridgehead atoms. The van der Waals surface area contributed by atoms with E-state index in [4.69, 9.17) is 4.42 Å². The van der Waals surface area contributed by atoms with Gasteiger partial charge in [0, 0.05) is 13.1 Å². The van der Waals surface area contributed by atoms with E-state index >= 15 is 0 Å². The fourth-order valence-electron chi connectivity index (χ4n) is 2.80. The molecule has 1 heterocycles. The van der Waals surface area contributed by atoms with E-state index in [0.29, 0.717) is 4.90 Å². The molecule has 0 aliphatic carbocycles. The van der Waals surface area contributed by atoms with Crippen molar-refractivity contribution in [3.63, 3.8) is 0 Å². The first kappa shape index (κ1) is 19.2. The van der Waals surface area contributed by atoms with Gasteiger partial charge < -0.3 is 9.73 Å². The van der Waals surface area contributed by atoms with Crippen LogP contribution in [0.1, 0.15) is 38.4 Å². The first-order valence-electron chi connectivity index (χ1n) is 8.05. The molecular formula is C18H24N2O4S. The Bertz CT molecular complexity index is 855. The van der Waals surface area contributed by atoms with Gasteiger partial charge in [-0.05, 0) is 74.6 Å². The summed E-state index contributed by atoms with van der Waals surface area (Å²) in [4.78, 5) is 12.1. The van der Waals surface area contributed by atoms with Crippen molar-refractivity contribution in [1.82, 2.24) is 10.0 Å². The van der Waals surface area contributed by atoms with Gasteiger partial charge in [-0.15, -0.1) is 0 Å². The molecule has 2 rings (SSSR count). The molecule has 0 fully saturated rings. The maximum Gasteiger partial charge on any atom is 0.287 e. The summed E-state index contributed by atoms with van der Waals surface area (Å²) in [5, 5.41) is 2.61. The second-order valence-corrected chi connectivity index (χ2v) is 7.79. The van der Waals surface area contributed by atoms with Gasteiger partial charge in [-0.3, -0.25) is 4.79 Å². The van der Waals surface area contributed by atoms with Crippen molar-refractivity contribution in [2.75, 3.05) is 13.1 Å². The molecule has 1 aromatic heterocycles. The third-order valence-electron chi connectivity index (χ3n) is 4.65. The predicted molar refractivity (Wildman–Crippen MR) is 96.4 cm³/mol. The number of hydrogen-bond donors (Lipinski definition) is 2. The van der Waals surface area contributed by atoms with Gasteiger partial charge in [-0.2, -0.15) is 0 Å². The van der Waals surface area contributed by atoms with Crippen LogP contribution in [0.2, 0.25) is 0 Å². The molecule has 2 N–H and O–H groups in total. The first-order valence-corrected chi connectivity index (χ1v) is 9.53. The molecule has 0 saturated heterocycles. The SMILES string of the molecule is Cc1c(C)c(C)c(S(=O)(=O)NCCNC(=O)c2ccco2)c(C)c1C. The molecule has 6 nitrogen and oxygen atoms in total. The summed E-state index contributed by atoms with van der Waals surface area (Å²) in [7, 11) is -3.66. The van der Waals surface area contributed by atoms with Crippen LogP contribution in [0.5, 0.6) is 0 Å². The third-order valence-corrected chi connectivity index (χ3v) is 6.38. The lowest BCUT2D eigenvalue weighted by molar-refractivity contribution is 0.0926. The van der Waals surface area contributed by atoms with Gasteiger partial charge in [-0.25, -0.2) is 13.1 Å². The van der Waals surface area contributed by atoms with Gasteiger partial charge in [0.15, 0.2) is 5.76 Å². The second kappa shape index (κ2) is 7.41. The minimum Gasteiger partial charge on any atom is -0.459 e. The number of nitrogens with one attached hydrogen (secondary N) is 2. The predicted octanol–water partition coefficient (Wildman–Crippen LogP) is 2.53. The topological polar surface area (TPSA) is 88.4 Å². The van der Waals surface area contributed by atoms with E-state index in [2.05, 4.69) is 10.0 Å². The number of carbonyl (C=O) groups is 1. The Morgan fingerprint density at radius 3 is 2.04 bits per heavy atom. The van der Waals surface area contributed by atoms with Crippen molar-refractivity contribution in [3.8, 4) is 0 Å². The van der Waals surface area contributed by atoms with Crippen LogP contribution in [-0.2, 0) is 10.0 Å². The highest BCUT2D eigenvalue weighted by Gasteiger charge is 2.23. The molecule has 0 aliphatic rings. The van der Waals surface area contributed by atoms with Gasteiger partial charge in [-0.1, -0.05) is 0 Å². The molecular weight excluding hydrogens is 340 g/mol. The van der Waals surface area contributed by atoms with Gasteiger partial charge >= 0.3 is 0 Å². The van der Waals surface area contributed by atoms with Crippen molar-refractivity contribution < 1.29 is 17.6 Å². The lowest BCUT2D eigenvalue weighted by atomic mass is 9.95. The molecule has 0 aliphatic heterocycles. The summed E-state index contributed by atoms with van der Waals surface area (Å²) in [6, 6.07) is 3.16. The highest BCUT2D eigenvalue weighted by Crippen LogP contribution is 2.29. The number of amides is 1. The molecule has 25 heavy (non-hydrogen) atoms. The van der Waals surface area contributed by atoms with Gasteiger partial charge in [0.05, 0.1) is 11.2 Å². The minimum absolute atomic E-state index is 0.0969. The highest BCUT2D eigenvalue weighted by molar-refractivity contribution is 7.89. The van der Waals surface area contributed by atoms with E-state index in [1.807, 2.05) is 34.6 Å². The molecule has 1 aromatic carbocycles. The Hall–Kier alpha value is -2.12. The van der Waals surface area contributed by atoms with Crippen molar-refractivity contribution in [3.05, 3.63) is 52.0 Å². The van der Waals surface area contributed by atoms with E-state index in [9.17, 15) is 13.2 Å². The van der Waals surface area contributed by atoms with Gasteiger partial charge in [0.2, 0.25) is 10.0 Å². The zero-order valence-electron chi connectivity index (χ0n) is 15.2. The van der Waals surface area contributed by atoms with Crippen molar-refractivity contribution in [2.24, 2.45) is 0 Å². The number of sulfonamides is 1. The number of benzene rings is 1. The summed E-state index contributed by atoms with van der Waals surface area (Å²) < 4.78 is 33.0. The third kappa shape index (κ3) is 3.93. The number of hydrogen-bond acceptors (Lipinski definition) is 4. The Morgan fingerprint density at radius 1 is 0.960 bits per heavy atom. The average Bonchev–Trinajstić information content (AvgIpc) is 3.09. The molecule has 1 amide bonds. The Balaban J connectivity index is 2.09. The lowest BCUT2D eigenvalue weighted by Crippen LogP contribution is -2.35. The molecule has 2 aromatic rings. The standard InChI is InChI=1S/C18H24N2O4S/c1-11-12(2)14(4)17(15(5)13(11)3)25(22,23)20-9-8-19-18(21)16-7-6-10-24-16/h6-7,10,20H,8-9H2,1-5H3,(H,19,21). The minimum atomic E-state index is -3.66. The fourth-order valence-corrected chi connectivity index (χ4v) is 4.42. The van der Waals surface area contributed by atoms with Crippen LogP contribution >= 0.6 is 0 Å². The Morgan fingerprint density at radius 2 is 1.52 bits per heavy atom. The van der Waals surface area contributed by atoms with E-state index in [1.54, 1.807) is 12.1 Å². The van der Waals surface area contributed by atoms with Gasteiger partial charge in [0.1, 0.15) is 0 Å². The van der Waals surface area contributed by atoms with E-state index in [0.717, 1.165) is 27.8 Å². The quantitative estimate of drug-likeness (QED) is 0.771. The van der Waals surface area contributed by atoms with Crippen molar-refractivity contribution in [1.29, 1.82) is 0 Å². The lowest BCUT2D eigenvalue weighted by Gasteiger charge is -2.19. The molecule has 0 saturated carbocycles. The van der Waals surface area contributed by atoms with Crippen LogP contribution in [-0.4, -0.2) is 27.4 Å². The maximum absolute atomic E-state index is 12.7. The van der Waals surface area contributed by atoms with E-state index < -0.39 is 10.0 Å². The van der Waals surface area contributed by atoms with Crippen LogP contribution in [0.25, 0.3) is 0 Å². The number of rotatable bonds is 6. The summed E-state index contributed by atoms with van der Waals surface area (Å²) in [6.07, 6.45) is 1.41. The molecule has 136 valence electrons. The molecule has 0 spiro atoms. The summed E-state index contributed by atoms with van der Waals surface area (Å²) in [6.45, 7) is 9.77. The smallest absolute Gasteiger partial charge is 0.287 e. The maximum atomic E-state index is 12.7. The molecule has 0 unspecified atom stereocenters. The first-order chi connectivity index (χ1) is 11.7. The van der Waals surface area contributed by atoms with Crippen LogP contribution in [0, 0.1) is 34.6 Å². The normalized spacial score (nSPS) is 11.6. The van der Waals surface area contributed by atoms with Crippen LogP contribution < -0.4 is 10.0 Å². The Kier molecular flexibility index (Phi) is 5.69. The molecule has 7 heteroatoms. The van der Waals surface area contributed by atoms with E-state index in [-0.39, 0.29) is 24.8 Å². The Labute approximate surface area is 148 Å². The summed E-state index contributed by atoms with van der Waals surface area (Å²) in [5.74, 6) is -0.182. The molecule has 0 radical (unpaired) electrons. The van der Waals surface area contributed by atoms with Crippen LogP contribution in [0.15, 0.2) is 27.7 Å². The highest BCUT2D eigenvalue weighted by atomic mass is 32.2. The van der Waals surface area contributed by atoms with Crippen molar-refractivity contribution in [2.45, 2.75) is 39.5 Å². The zero-order chi connectivity index (χ0) is 18.8. The summed E-state index contributed by atoms with van der Waals surface area (Å²) >= 11 is 0. The van der Waals surface area contributed by atoms with Gasteiger partial charge in [0.25, 0.3) is 5.91 Å².